The molecule has 2 amide bonds. The molecule has 4 fully saturated rings. The maximum absolute atomic E-state index is 12.2. The van der Waals surface area contributed by atoms with Crippen LogP contribution in [0.2, 0.25) is 0 Å². The monoisotopic (exact) mass is 292 g/mol. The Morgan fingerprint density at radius 1 is 1.14 bits per heavy atom. The molecule has 0 aromatic heterocycles. The van der Waals surface area contributed by atoms with Gasteiger partial charge in [-0.2, -0.15) is 0 Å². The number of hydrogen-bond acceptors (Lipinski definition) is 3. The van der Waals surface area contributed by atoms with E-state index in [2.05, 4.69) is 5.32 Å². The third kappa shape index (κ3) is 2.45. The van der Waals surface area contributed by atoms with Crippen molar-refractivity contribution in [1.82, 2.24) is 10.2 Å². The SMILES string of the molecule is O=C1NCC(=O)N(CC2CCC3(CCCC3)O2)C1C1CC1. The molecule has 116 valence electrons. The highest BCUT2D eigenvalue weighted by atomic mass is 16.5. The lowest BCUT2D eigenvalue weighted by Gasteiger charge is -2.37. The molecule has 4 rings (SSSR count). The Bertz CT molecular complexity index is 454. The lowest BCUT2D eigenvalue weighted by molar-refractivity contribution is -0.149. The van der Waals surface area contributed by atoms with E-state index < -0.39 is 0 Å². The molecular weight excluding hydrogens is 268 g/mol. The molecule has 0 aromatic carbocycles. The van der Waals surface area contributed by atoms with E-state index in [0.29, 0.717) is 12.5 Å². The van der Waals surface area contributed by atoms with Gasteiger partial charge in [-0.1, -0.05) is 12.8 Å². The molecule has 2 atom stereocenters. The first-order valence-electron chi connectivity index (χ1n) is 8.42. The first-order chi connectivity index (χ1) is 10.2. The van der Waals surface area contributed by atoms with E-state index in [1.165, 1.54) is 25.7 Å². The molecule has 2 aliphatic carbocycles. The van der Waals surface area contributed by atoms with Crippen LogP contribution in [-0.2, 0) is 14.3 Å². The number of nitrogens with zero attached hydrogens (tertiary/aromatic N) is 1. The largest absolute Gasteiger partial charge is 0.370 e. The normalized spacial score (nSPS) is 35.5. The Morgan fingerprint density at radius 2 is 1.90 bits per heavy atom. The van der Waals surface area contributed by atoms with Crippen LogP contribution in [-0.4, -0.2) is 47.6 Å². The average Bonchev–Trinajstić information content (AvgIpc) is 3.07. The van der Waals surface area contributed by atoms with Crippen LogP contribution in [0, 0.1) is 5.92 Å². The molecule has 4 aliphatic rings. The topological polar surface area (TPSA) is 58.6 Å². The minimum atomic E-state index is -0.241. The predicted molar refractivity (Wildman–Crippen MR) is 76.5 cm³/mol. The van der Waals surface area contributed by atoms with Crippen molar-refractivity contribution in [2.75, 3.05) is 13.1 Å². The van der Waals surface area contributed by atoms with Gasteiger partial charge in [-0.15, -0.1) is 0 Å². The maximum atomic E-state index is 12.2. The summed E-state index contributed by atoms with van der Waals surface area (Å²) >= 11 is 0. The van der Waals surface area contributed by atoms with Gasteiger partial charge in [0.05, 0.1) is 18.2 Å². The summed E-state index contributed by atoms with van der Waals surface area (Å²) in [6, 6.07) is -0.241. The molecule has 2 saturated heterocycles. The number of nitrogens with one attached hydrogen (secondary N) is 1. The Morgan fingerprint density at radius 3 is 2.62 bits per heavy atom. The number of ether oxygens (including phenoxy) is 1. The third-order valence-corrected chi connectivity index (χ3v) is 5.66. The van der Waals surface area contributed by atoms with Crippen LogP contribution in [0.25, 0.3) is 0 Å². The molecule has 21 heavy (non-hydrogen) atoms. The lowest BCUT2D eigenvalue weighted by Crippen LogP contribution is -2.60. The second-order valence-corrected chi connectivity index (χ2v) is 7.21. The number of amides is 2. The first-order valence-corrected chi connectivity index (χ1v) is 8.42. The van der Waals surface area contributed by atoms with Gasteiger partial charge >= 0.3 is 0 Å². The molecule has 1 spiro atoms. The van der Waals surface area contributed by atoms with Crippen LogP contribution in [0.15, 0.2) is 0 Å². The molecule has 0 aromatic rings. The summed E-state index contributed by atoms with van der Waals surface area (Å²) in [6.07, 6.45) is 9.29. The Kier molecular flexibility index (Phi) is 3.21. The van der Waals surface area contributed by atoms with Crippen LogP contribution >= 0.6 is 0 Å². The van der Waals surface area contributed by atoms with Gasteiger partial charge in [-0.05, 0) is 44.4 Å². The molecule has 2 aliphatic heterocycles. The van der Waals surface area contributed by atoms with Crippen molar-refractivity contribution < 1.29 is 14.3 Å². The molecule has 2 unspecified atom stereocenters. The fourth-order valence-electron chi connectivity index (χ4n) is 4.39. The van der Waals surface area contributed by atoms with E-state index >= 15 is 0 Å². The van der Waals surface area contributed by atoms with E-state index in [1.807, 2.05) is 4.90 Å². The van der Waals surface area contributed by atoms with Crippen LogP contribution < -0.4 is 5.32 Å². The Balaban J connectivity index is 1.44. The van der Waals surface area contributed by atoms with Gasteiger partial charge in [0.2, 0.25) is 11.8 Å². The molecule has 0 bridgehead atoms. The summed E-state index contributed by atoms with van der Waals surface area (Å²) in [5.74, 6) is 0.462. The second kappa shape index (κ2) is 4.97. The van der Waals surface area contributed by atoms with Crippen molar-refractivity contribution in [2.45, 2.75) is 69.1 Å². The fourth-order valence-corrected chi connectivity index (χ4v) is 4.39. The molecular formula is C16H24N2O3. The number of piperazine rings is 1. The fraction of sp³-hybridized carbons (Fsp3) is 0.875. The summed E-state index contributed by atoms with van der Waals surface area (Å²) in [6.45, 7) is 0.759. The van der Waals surface area contributed by atoms with Gasteiger partial charge < -0.3 is 15.0 Å². The second-order valence-electron chi connectivity index (χ2n) is 7.21. The van der Waals surface area contributed by atoms with Crippen molar-refractivity contribution in [3.05, 3.63) is 0 Å². The number of carbonyl (C=O) groups is 2. The molecule has 5 heteroatoms. The summed E-state index contributed by atoms with van der Waals surface area (Å²) < 4.78 is 6.32. The number of rotatable bonds is 3. The Hall–Kier alpha value is -1.10. The van der Waals surface area contributed by atoms with Crippen LogP contribution in [0.3, 0.4) is 0 Å². The quantitative estimate of drug-likeness (QED) is 0.851. The van der Waals surface area contributed by atoms with Crippen LogP contribution in [0.5, 0.6) is 0 Å². The zero-order chi connectivity index (χ0) is 14.4. The van der Waals surface area contributed by atoms with Crippen molar-refractivity contribution in [1.29, 1.82) is 0 Å². The molecule has 2 heterocycles. The standard InChI is InChI=1S/C16H24N2O3/c19-13-9-17-15(20)14(11-3-4-11)18(13)10-12-5-8-16(21-12)6-1-2-7-16/h11-12,14H,1-10H2,(H,17,20). The summed E-state index contributed by atoms with van der Waals surface area (Å²) in [5.41, 5.74) is 0.0981. The lowest BCUT2D eigenvalue weighted by atomic mass is 9.98. The summed E-state index contributed by atoms with van der Waals surface area (Å²) in [5, 5.41) is 2.74. The summed E-state index contributed by atoms with van der Waals surface area (Å²) in [4.78, 5) is 26.2. The highest BCUT2D eigenvalue weighted by Gasteiger charge is 2.48. The maximum Gasteiger partial charge on any atom is 0.243 e. The number of carbonyl (C=O) groups excluding carboxylic acids is 2. The van der Waals surface area contributed by atoms with Gasteiger partial charge in [0.25, 0.3) is 0 Å². The number of hydrogen-bond donors (Lipinski definition) is 1. The van der Waals surface area contributed by atoms with Crippen molar-refractivity contribution >= 4 is 11.8 Å². The van der Waals surface area contributed by atoms with Gasteiger partial charge in [-0.3, -0.25) is 9.59 Å². The first kappa shape index (κ1) is 13.6. The predicted octanol–water partition coefficient (Wildman–Crippen LogP) is 1.22. The molecule has 0 radical (unpaired) electrons. The van der Waals surface area contributed by atoms with Crippen LogP contribution in [0.4, 0.5) is 0 Å². The van der Waals surface area contributed by atoms with Gasteiger partial charge in [0.15, 0.2) is 0 Å². The van der Waals surface area contributed by atoms with Crippen molar-refractivity contribution in [3.8, 4) is 0 Å². The van der Waals surface area contributed by atoms with Gasteiger partial charge in [-0.25, -0.2) is 0 Å². The zero-order valence-corrected chi connectivity index (χ0v) is 12.5. The van der Waals surface area contributed by atoms with Crippen molar-refractivity contribution in [2.24, 2.45) is 5.92 Å². The van der Waals surface area contributed by atoms with E-state index in [9.17, 15) is 9.59 Å². The van der Waals surface area contributed by atoms with E-state index in [-0.39, 0.29) is 36.1 Å². The van der Waals surface area contributed by atoms with E-state index in [1.54, 1.807) is 0 Å². The highest BCUT2D eigenvalue weighted by Crippen LogP contribution is 2.44. The molecule has 5 nitrogen and oxygen atoms in total. The smallest absolute Gasteiger partial charge is 0.243 e. The van der Waals surface area contributed by atoms with Gasteiger partial charge in [0, 0.05) is 6.54 Å². The minimum absolute atomic E-state index is 0.0330. The molecule has 1 N–H and O–H groups in total. The minimum Gasteiger partial charge on any atom is -0.370 e. The highest BCUT2D eigenvalue weighted by molar-refractivity contribution is 5.95. The van der Waals surface area contributed by atoms with Crippen molar-refractivity contribution in [3.63, 3.8) is 0 Å². The van der Waals surface area contributed by atoms with Gasteiger partial charge in [0.1, 0.15) is 6.04 Å². The zero-order valence-electron chi connectivity index (χ0n) is 12.5. The average molecular weight is 292 g/mol. The van der Waals surface area contributed by atoms with Crippen LogP contribution in [0.1, 0.15) is 51.4 Å². The van der Waals surface area contributed by atoms with E-state index in [0.717, 1.165) is 25.7 Å². The third-order valence-electron chi connectivity index (χ3n) is 5.66. The Labute approximate surface area is 125 Å². The summed E-state index contributed by atoms with van der Waals surface area (Å²) in [7, 11) is 0. The van der Waals surface area contributed by atoms with E-state index in [4.69, 9.17) is 4.74 Å². The molecule has 2 saturated carbocycles.